The number of carbonyl (C=O) groups excluding carboxylic acids is 1. The minimum absolute atomic E-state index is 0.0462. The van der Waals surface area contributed by atoms with E-state index in [1.807, 2.05) is 6.92 Å². The summed E-state index contributed by atoms with van der Waals surface area (Å²) in [6.07, 6.45) is 6.90. The SMILES string of the molecule is CCOC(=O)C1CC(N(C)c2ccc3cc(O[C@H]4CC[C@H](C(C)(C)C)CC4)ccc3c2)C1. The van der Waals surface area contributed by atoms with E-state index in [0.29, 0.717) is 24.2 Å². The fourth-order valence-corrected chi connectivity index (χ4v) is 5.31. The lowest BCUT2D eigenvalue weighted by Crippen LogP contribution is -2.45. The average molecular weight is 438 g/mol. The number of hydrogen-bond acceptors (Lipinski definition) is 4. The van der Waals surface area contributed by atoms with Gasteiger partial charge in [0, 0.05) is 18.8 Å². The second kappa shape index (κ2) is 9.33. The van der Waals surface area contributed by atoms with Crippen LogP contribution in [0.4, 0.5) is 5.69 Å². The molecule has 174 valence electrons. The van der Waals surface area contributed by atoms with Gasteiger partial charge in [0.2, 0.25) is 0 Å². The Morgan fingerprint density at radius 1 is 1.00 bits per heavy atom. The van der Waals surface area contributed by atoms with Crippen LogP contribution in [0.15, 0.2) is 36.4 Å². The molecule has 0 N–H and O–H groups in total. The van der Waals surface area contributed by atoms with Crippen molar-refractivity contribution >= 4 is 22.4 Å². The number of hydrogen-bond donors (Lipinski definition) is 0. The molecule has 0 atom stereocenters. The van der Waals surface area contributed by atoms with Crippen molar-refractivity contribution in [2.24, 2.45) is 17.3 Å². The Bertz CT molecular complexity index is 933. The first kappa shape index (κ1) is 22.9. The standard InChI is InChI=1S/C28H39NO3/c1-6-31-27(30)21-16-24(17-21)29(5)23-11-7-20-18-26(12-8-19(20)15-23)32-25-13-9-22(10-14-25)28(2,3)4/h7-8,11-12,15,18,21-22,24-25H,6,9-10,13-14,16-17H2,1-5H3/t21?,22-,24?,25-. The van der Waals surface area contributed by atoms with Gasteiger partial charge in [0.1, 0.15) is 5.75 Å². The molecule has 4 heteroatoms. The van der Waals surface area contributed by atoms with E-state index in [1.54, 1.807) is 0 Å². The predicted molar refractivity (Wildman–Crippen MR) is 131 cm³/mol. The van der Waals surface area contributed by atoms with Gasteiger partial charge in [-0.15, -0.1) is 0 Å². The van der Waals surface area contributed by atoms with Gasteiger partial charge in [-0.2, -0.15) is 0 Å². The van der Waals surface area contributed by atoms with Gasteiger partial charge in [0.25, 0.3) is 0 Å². The third-order valence-electron chi connectivity index (χ3n) is 7.69. The highest BCUT2D eigenvalue weighted by molar-refractivity contribution is 5.87. The lowest BCUT2D eigenvalue weighted by molar-refractivity contribution is -0.151. The first-order chi connectivity index (χ1) is 15.2. The van der Waals surface area contributed by atoms with Gasteiger partial charge in [-0.1, -0.05) is 32.9 Å². The van der Waals surface area contributed by atoms with Crippen molar-refractivity contribution in [3.63, 3.8) is 0 Å². The molecule has 2 aliphatic carbocycles. The lowest BCUT2D eigenvalue weighted by atomic mass is 9.72. The minimum atomic E-state index is -0.0462. The molecule has 0 bridgehead atoms. The van der Waals surface area contributed by atoms with Crippen LogP contribution in [-0.2, 0) is 9.53 Å². The van der Waals surface area contributed by atoms with Crippen LogP contribution in [0, 0.1) is 17.3 Å². The van der Waals surface area contributed by atoms with E-state index < -0.39 is 0 Å². The molecule has 2 fully saturated rings. The molecule has 2 aliphatic rings. The number of fused-ring (bicyclic) bond motifs is 1. The normalized spacial score (nSPS) is 25.8. The Labute approximate surface area is 193 Å². The van der Waals surface area contributed by atoms with E-state index in [-0.39, 0.29) is 11.9 Å². The Morgan fingerprint density at radius 3 is 2.31 bits per heavy atom. The van der Waals surface area contributed by atoms with Crippen molar-refractivity contribution in [3.8, 4) is 5.75 Å². The number of esters is 1. The van der Waals surface area contributed by atoms with Gasteiger partial charge < -0.3 is 14.4 Å². The fraction of sp³-hybridized carbons (Fsp3) is 0.607. The first-order valence-corrected chi connectivity index (χ1v) is 12.3. The quantitative estimate of drug-likeness (QED) is 0.477. The smallest absolute Gasteiger partial charge is 0.309 e. The van der Waals surface area contributed by atoms with E-state index >= 15 is 0 Å². The second-order valence-corrected chi connectivity index (χ2v) is 10.8. The summed E-state index contributed by atoms with van der Waals surface area (Å²) in [5.41, 5.74) is 1.59. The molecule has 0 heterocycles. The topological polar surface area (TPSA) is 38.8 Å². The van der Waals surface area contributed by atoms with Crippen LogP contribution in [0.1, 0.15) is 66.2 Å². The van der Waals surface area contributed by atoms with Crippen LogP contribution in [0.3, 0.4) is 0 Å². The number of benzene rings is 2. The van der Waals surface area contributed by atoms with E-state index in [2.05, 4.69) is 69.1 Å². The Balaban J connectivity index is 1.35. The molecule has 4 nitrogen and oxygen atoms in total. The minimum Gasteiger partial charge on any atom is -0.490 e. The maximum Gasteiger partial charge on any atom is 0.309 e. The predicted octanol–water partition coefficient (Wildman–Crippen LogP) is 6.60. The van der Waals surface area contributed by atoms with Crippen LogP contribution >= 0.6 is 0 Å². The number of ether oxygens (including phenoxy) is 2. The van der Waals surface area contributed by atoms with E-state index in [9.17, 15) is 4.79 Å². The molecule has 32 heavy (non-hydrogen) atoms. The number of anilines is 1. The highest BCUT2D eigenvalue weighted by atomic mass is 16.5. The van der Waals surface area contributed by atoms with Crippen LogP contribution in [0.5, 0.6) is 5.75 Å². The van der Waals surface area contributed by atoms with Gasteiger partial charge >= 0.3 is 5.97 Å². The zero-order valence-electron chi connectivity index (χ0n) is 20.4. The van der Waals surface area contributed by atoms with Crippen molar-refractivity contribution in [1.82, 2.24) is 0 Å². The van der Waals surface area contributed by atoms with E-state index in [4.69, 9.17) is 9.47 Å². The van der Waals surface area contributed by atoms with E-state index in [1.165, 1.54) is 29.3 Å². The van der Waals surface area contributed by atoms with Gasteiger partial charge in [0.15, 0.2) is 0 Å². The zero-order chi connectivity index (χ0) is 22.9. The largest absolute Gasteiger partial charge is 0.490 e. The molecule has 0 spiro atoms. The number of rotatable bonds is 6. The summed E-state index contributed by atoms with van der Waals surface area (Å²) < 4.78 is 11.5. The number of nitrogens with zero attached hydrogens (tertiary/aromatic N) is 1. The molecule has 4 rings (SSSR count). The summed E-state index contributed by atoms with van der Waals surface area (Å²) in [5.74, 6) is 1.79. The Kier molecular flexibility index (Phi) is 6.69. The molecule has 2 aromatic rings. The van der Waals surface area contributed by atoms with Crippen molar-refractivity contribution in [1.29, 1.82) is 0 Å². The maximum atomic E-state index is 11.9. The van der Waals surface area contributed by atoms with Crippen LogP contribution in [-0.4, -0.2) is 31.8 Å². The monoisotopic (exact) mass is 437 g/mol. The molecule has 2 saturated carbocycles. The molecule has 0 aromatic heterocycles. The molecular formula is C28H39NO3. The molecular weight excluding hydrogens is 398 g/mol. The summed E-state index contributed by atoms with van der Waals surface area (Å²) in [5, 5.41) is 2.43. The maximum absolute atomic E-state index is 11.9. The highest BCUT2D eigenvalue weighted by Crippen LogP contribution is 2.39. The average Bonchev–Trinajstić information content (AvgIpc) is 2.72. The van der Waals surface area contributed by atoms with Crippen LogP contribution in [0.25, 0.3) is 10.8 Å². The molecule has 2 aromatic carbocycles. The van der Waals surface area contributed by atoms with Crippen molar-refractivity contribution in [3.05, 3.63) is 36.4 Å². The summed E-state index contributed by atoms with van der Waals surface area (Å²) in [6, 6.07) is 13.5. The summed E-state index contributed by atoms with van der Waals surface area (Å²) in [6.45, 7) is 9.40. The summed E-state index contributed by atoms with van der Waals surface area (Å²) >= 11 is 0. The van der Waals surface area contributed by atoms with Crippen LogP contribution in [0.2, 0.25) is 0 Å². The van der Waals surface area contributed by atoms with Crippen molar-refractivity contribution in [2.75, 3.05) is 18.6 Å². The van der Waals surface area contributed by atoms with Gasteiger partial charge in [-0.05, 0) is 91.8 Å². The molecule has 0 saturated heterocycles. The highest BCUT2D eigenvalue weighted by Gasteiger charge is 2.38. The molecule has 0 radical (unpaired) electrons. The lowest BCUT2D eigenvalue weighted by Gasteiger charge is -2.41. The van der Waals surface area contributed by atoms with Gasteiger partial charge in [-0.25, -0.2) is 0 Å². The van der Waals surface area contributed by atoms with Crippen molar-refractivity contribution in [2.45, 2.75) is 78.4 Å². The first-order valence-electron chi connectivity index (χ1n) is 12.3. The van der Waals surface area contributed by atoms with E-state index in [0.717, 1.165) is 37.4 Å². The fourth-order valence-electron chi connectivity index (χ4n) is 5.31. The Morgan fingerprint density at radius 2 is 1.66 bits per heavy atom. The van der Waals surface area contributed by atoms with Gasteiger partial charge in [0.05, 0.1) is 18.6 Å². The zero-order valence-corrected chi connectivity index (χ0v) is 20.4. The summed E-state index contributed by atoms with van der Waals surface area (Å²) in [7, 11) is 2.12. The number of carbonyl (C=O) groups is 1. The summed E-state index contributed by atoms with van der Waals surface area (Å²) in [4.78, 5) is 14.2. The van der Waals surface area contributed by atoms with Crippen molar-refractivity contribution < 1.29 is 14.3 Å². The van der Waals surface area contributed by atoms with Crippen LogP contribution < -0.4 is 9.64 Å². The molecule has 0 amide bonds. The second-order valence-electron chi connectivity index (χ2n) is 10.8. The third kappa shape index (κ3) is 5.05. The molecule has 0 unspecified atom stereocenters. The molecule has 0 aliphatic heterocycles. The Hall–Kier alpha value is -2.23. The van der Waals surface area contributed by atoms with Gasteiger partial charge in [-0.3, -0.25) is 4.79 Å². The third-order valence-corrected chi connectivity index (χ3v) is 7.69.